The van der Waals surface area contributed by atoms with Crippen molar-refractivity contribution < 1.29 is 18.3 Å². The molecular weight excluding hydrogens is 286 g/mol. The van der Waals surface area contributed by atoms with Crippen LogP contribution in [0.2, 0.25) is 0 Å². The van der Waals surface area contributed by atoms with Crippen molar-refractivity contribution in [1.82, 2.24) is 4.31 Å². The fourth-order valence-electron chi connectivity index (χ4n) is 1.67. The summed E-state index contributed by atoms with van der Waals surface area (Å²) in [5.41, 5.74) is 0.777. The molecule has 0 aliphatic heterocycles. The van der Waals surface area contributed by atoms with E-state index in [4.69, 9.17) is 5.11 Å². The predicted molar refractivity (Wildman–Crippen MR) is 74.4 cm³/mol. The maximum atomic E-state index is 12.0. The Kier molecular flexibility index (Phi) is 4.07. The highest BCUT2D eigenvalue weighted by molar-refractivity contribution is 7.90. The Morgan fingerprint density at radius 2 is 2.26 bits per heavy atom. The molecule has 0 saturated heterocycles. The topological polar surface area (TPSA) is 74.7 Å². The fourth-order valence-corrected chi connectivity index (χ4v) is 4.21. The molecule has 19 heavy (non-hydrogen) atoms. The van der Waals surface area contributed by atoms with Crippen molar-refractivity contribution in [1.29, 1.82) is 0 Å². The zero-order valence-electron chi connectivity index (χ0n) is 10.4. The molecule has 1 N–H and O–H groups in total. The van der Waals surface area contributed by atoms with Gasteiger partial charge < -0.3 is 5.11 Å². The molecule has 1 aromatic rings. The van der Waals surface area contributed by atoms with Gasteiger partial charge in [-0.3, -0.25) is 0 Å². The highest BCUT2D eigenvalue weighted by Crippen LogP contribution is 2.31. The highest BCUT2D eigenvalue weighted by atomic mass is 32.2. The number of rotatable bonds is 6. The molecule has 7 heteroatoms. The van der Waals surface area contributed by atoms with Gasteiger partial charge in [0.05, 0.1) is 5.25 Å². The highest BCUT2D eigenvalue weighted by Gasteiger charge is 2.38. The number of hydrogen-bond donors (Lipinski definition) is 1. The number of hydrogen-bond acceptors (Lipinski definition) is 4. The molecule has 1 aromatic heterocycles. The minimum atomic E-state index is -3.15. The van der Waals surface area contributed by atoms with Crippen molar-refractivity contribution in [2.45, 2.75) is 24.6 Å². The molecule has 0 spiro atoms. The van der Waals surface area contributed by atoms with Crippen LogP contribution >= 0.6 is 11.3 Å². The quantitative estimate of drug-likeness (QED) is 0.813. The van der Waals surface area contributed by atoms with Gasteiger partial charge in [0.2, 0.25) is 10.0 Å². The molecule has 2 rings (SSSR count). The van der Waals surface area contributed by atoms with Crippen molar-refractivity contribution in [2.75, 3.05) is 7.05 Å². The second-order valence-corrected chi connectivity index (χ2v) is 7.83. The predicted octanol–water partition coefficient (Wildman–Crippen LogP) is 1.77. The molecule has 1 fully saturated rings. The van der Waals surface area contributed by atoms with Crippen LogP contribution in [0.4, 0.5) is 0 Å². The lowest BCUT2D eigenvalue weighted by Gasteiger charge is -2.15. The number of thiophene rings is 1. The lowest BCUT2D eigenvalue weighted by molar-refractivity contribution is -0.131. The third-order valence-electron chi connectivity index (χ3n) is 2.85. The second kappa shape index (κ2) is 5.44. The fraction of sp³-hybridized carbons (Fsp3) is 0.417. The number of aliphatic carboxylic acids is 1. The third kappa shape index (κ3) is 3.65. The average molecular weight is 301 g/mol. The maximum Gasteiger partial charge on any atom is 0.328 e. The number of sulfonamides is 1. The molecule has 0 atom stereocenters. The number of nitrogens with zero attached hydrogens (tertiary/aromatic N) is 1. The number of carboxylic acids is 1. The summed E-state index contributed by atoms with van der Waals surface area (Å²) in [4.78, 5) is 11.3. The molecule has 0 bridgehead atoms. The first-order chi connectivity index (χ1) is 8.89. The smallest absolute Gasteiger partial charge is 0.328 e. The monoisotopic (exact) mass is 301 g/mol. The van der Waals surface area contributed by atoms with E-state index < -0.39 is 16.0 Å². The van der Waals surface area contributed by atoms with Gasteiger partial charge in [-0.25, -0.2) is 13.2 Å². The molecule has 104 valence electrons. The first kappa shape index (κ1) is 14.2. The van der Waals surface area contributed by atoms with Gasteiger partial charge in [0.1, 0.15) is 0 Å². The Labute approximate surface area is 116 Å². The Hall–Kier alpha value is -1.18. The summed E-state index contributed by atoms with van der Waals surface area (Å²) in [6.07, 6.45) is 4.07. The van der Waals surface area contributed by atoms with E-state index in [2.05, 4.69) is 0 Å². The molecule has 1 heterocycles. The number of carboxylic acid groups (broad SMARTS) is 1. The van der Waals surface area contributed by atoms with E-state index in [9.17, 15) is 13.2 Å². The van der Waals surface area contributed by atoms with Gasteiger partial charge in [0.15, 0.2) is 0 Å². The van der Waals surface area contributed by atoms with Crippen LogP contribution in [-0.2, 0) is 21.4 Å². The second-order valence-electron chi connectivity index (χ2n) is 4.52. The molecular formula is C12H15NO4S2. The first-order valence-corrected chi connectivity index (χ1v) is 8.21. The zero-order valence-corrected chi connectivity index (χ0v) is 12.1. The zero-order chi connectivity index (χ0) is 14.0. The van der Waals surface area contributed by atoms with Gasteiger partial charge in [-0.05, 0) is 35.9 Å². The van der Waals surface area contributed by atoms with Crippen LogP contribution in [0.25, 0.3) is 6.08 Å². The lowest BCUT2D eigenvalue weighted by Crippen LogP contribution is -2.29. The van der Waals surface area contributed by atoms with Gasteiger partial charge in [-0.2, -0.15) is 4.31 Å². The normalized spacial score (nSPS) is 16.3. The Balaban J connectivity index is 2.02. The van der Waals surface area contributed by atoms with Gasteiger partial charge in [-0.15, -0.1) is 11.3 Å². The SMILES string of the molecule is CN(Cc1cc(C=CC(=O)O)cs1)S(=O)(=O)C1CC1. The average Bonchev–Trinajstić information content (AvgIpc) is 3.10. The van der Waals surface area contributed by atoms with Crippen molar-refractivity contribution in [3.63, 3.8) is 0 Å². The minimum absolute atomic E-state index is 0.205. The van der Waals surface area contributed by atoms with Crippen molar-refractivity contribution >= 4 is 33.4 Å². The minimum Gasteiger partial charge on any atom is -0.478 e. The van der Waals surface area contributed by atoms with Crippen LogP contribution in [0.3, 0.4) is 0 Å². The summed E-state index contributed by atoms with van der Waals surface area (Å²) in [5, 5.41) is 10.1. The van der Waals surface area contributed by atoms with Crippen LogP contribution in [0, 0.1) is 0 Å². The summed E-state index contributed by atoms with van der Waals surface area (Å²) in [5.74, 6) is -0.999. The van der Waals surface area contributed by atoms with Crippen molar-refractivity contribution in [3.05, 3.63) is 28.0 Å². The maximum absolute atomic E-state index is 12.0. The third-order valence-corrected chi connectivity index (χ3v) is 6.10. The standard InChI is InChI=1S/C12H15NO4S2/c1-13(19(16,17)11-3-4-11)7-10-6-9(8-18-10)2-5-12(14)15/h2,5-6,8,11H,3-4,7H2,1H3,(H,14,15). The summed E-state index contributed by atoms with van der Waals surface area (Å²) < 4.78 is 25.3. The van der Waals surface area contributed by atoms with E-state index in [0.717, 1.165) is 29.4 Å². The van der Waals surface area contributed by atoms with E-state index in [0.29, 0.717) is 6.54 Å². The largest absolute Gasteiger partial charge is 0.478 e. The molecule has 0 unspecified atom stereocenters. The Morgan fingerprint density at radius 3 is 2.84 bits per heavy atom. The van der Waals surface area contributed by atoms with Crippen LogP contribution < -0.4 is 0 Å². The van der Waals surface area contributed by atoms with Crippen LogP contribution in [-0.4, -0.2) is 36.1 Å². The Bertz CT molecular complexity index is 599. The number of carbonyl (C=O) groups is 1. The van der Waals surface area contributed by atoms with Crippen LogP contribution in [0.15, 0.2) is 17.5 Å². The molecule has 0 aromatic carbocycles. The first-order valence-electron chi connectivity index (χ1n) is 5.83. The summed E-state index contributed by atoms with van der Waals surface area (Å²) in [7, 11) is -1.57. The summed E-state index contributed by atoms with van der Waals surface area (Å²) >= 11 is 1.43. The Morgan fingerprint density at radius 1 is 1.58 bits per heavy atom. The molecule has 1 aliphatic carbocycles. The molecule has 5 nitrogen and oxygen atoms in total. The lowest BCUT2D eigenvalue weighted by atomic mass is 10.3. The van der Waals surface area contributed by atoms with Gasteiger partial charge in [0.25, 0.3) is 0 Å². The van der Waals surface area contributed by atoms with Crippen molar-refractivity contribution in [2.24, 2.45) is 0 Å². The molecule has 0 radical (unpaired) electrons. The van der Waals surface area contributed by atoms with Crippen LogP contribution in [0.1, 0.15) is 23.3 Å². The van der Waals surface area contributed by atoms with Crippen LogP contribution in [0.5, 0.6) is 0 Å². The summed E-state index contributed by atoms with van der Waals surface area (Å²) in [6.45, 7) is 0.338. The van der Waals surface area contributed by atoms with E-state index >= 15 is 0 Å². The van der Waals surface area contributed by atoms with E-state index in [1.807, 2.05) is 11.4 Å². The van der Waals surface area contributed by atoms with Gasteiger partial charge in [0, 0.05) is 24.5 Å². The van der Waals surface area contributed by atoms with E-state index in [1.54, 1.807) is 7.05 Å². The van der Waals surface area contributed by atoms with Gasteiger partial charge >= 0.3 is 5.97 Å². The van der Waals surface area contributed by atoms with E-state index in [1.165, 1.54) is 21.7 Å². The van der Waals surface area contributed by atoms with Crippen molar-refractivity contribution in [3.8, 4) is 0 Å². The molecule has 1 saturated carbocycles. The van der Waals surface area contributed by atoms with Gasteiger partial charge in [-0.1, -0.05) is 0 Å². The molecule has 1 aliphatic rings. The molecule has 0 amide bonds. The van der Waals surface area contributed by atoms with E-state index in [-0.39, 0.29) is 5.25 Å². The summed E-state index contributed by atoms with van der Waals surface area (Å²) in [6, 6.07) is 1.81.